The first-order valence-corrected chi connectivity index (χ1v) is 7.78. The van der Waals surface area contributed by atoms with E-state index in [2.05, 4.69) is 0 Å². The zero-order chi connectivity index (χ0) is 15.7. The molecular formula is C17H21NO4. The number of amides is 1. The number of rotatable bonds is 3. The topological polar surface area (TPSA) is 66.8 Å². The number of ether oxygens (including phenoxy) is 1. The number of carboxylic acids is 1. The number of hydrogen-bond acceptors (Lipinski definition) is 3. The Bertz CT molecular complexity index is 598. The summed E-state index contributed by atoms with van der Waals surface area (Å²) < 4.78 is 5.47. The fourth-order valence-corrected chi connectivity index (χ4v) is 3.37. The van der Waals surface area contributed by atoms with E-state index in [1.807, 2.05) is 25.1 Å². The van der Waals surface area contributed by atoms with Gasteiger partial charge in [0.25, 0.3) is 0 Å². The van der Waals surface area contributed by atoms with Gasteiger partial charge in [-0.15, -0.1) is 0 Å². The molecule has 1 saturated heterocycles. The zero-order valence-electron chi connectivity index (χ0n) is 12.7. The van der Waals surface area contributed by atoms with E-state index in [-0.39, 0.29) is 11.8 Å². The third-order valence-corrected chi connectivity index (χ3v) is 4.47. The first-order chi connectivity index (χ1) is 10.5. The maximum Gasteiger partial charge on any atom is 0.308 e. The first-order valence-electron chi connectivity index (χ1n) is 7.78. The molecule has 118 valence electrons. The average Bonchev–Trinajstić information content (AvgIpc) is 2.94. The summed E-state index contributed by atoms with van der Waals surface area (Å²) >= 11 is 0. The summed E-state index contributed by atoms with van der Waals surface area (Å²) in [6.07, 6.45) is 1.86. The van der Waals surface area contributed by atoms with E-state index in [1.165, 1.54) is 0 Å². The zero-order valence-corrected chi connectivity index (χ0v) is 12.7. The maximum absolute atomic E-state index is 12.5. The highest BCUT2D eigenvalue weighted by Gasteiger charge is 2.31. The number of nitrogens with zero attached hydrogens (tertiary/aromatic N) is 1. The largest absolute Gasteiger partial charge is 0.493 e. The van der Waals surface area contributed by atoms with Gasteiger partial charge in [0.1, 0.15) is 5.75 Å². The Morgan fingerprint density at radius 2 is 2.18 bits per heavy atom. The Morgan fingerprint density at radius 3 is 2.95 bits per heavy atom. The minimum atomic E-state index is -0.806. The van der Waals surface area contributed by atoms with E-state index in [0.717, 1.165) is 23.3 Å². The molecule has 0 radical (unpaired) electrons. The molecule has 1 aromatic carbocycles. The Labute approximate surface area is 129 Å². The number of hydrogen-bond donors (Lipinski definition) is 1. The molecule has 1 amide bonds. The van der Waals surface area contributed by atoms with Crippen LogP contribution in [0.4, 0.5) is 0 Å². The van der Waals surface area contributed by atoms with Gasteiger partial charge < -0.3 is 14.7 Å². The monoisotopic (exact) mass is 303 g/mol. The van der Waals surface area contributed by atoms with Gasteiger partial charge in [-0.25, -0.2) is 0 Å². The second-order valence-electron chi connectivity index (χ2n) is 6.39. The highest BCUT2D eigenvalue weighted by Crippen LogP contribution is 2.27. The lowest BCUT2D eigenvalue weighted by Crippen LogP contribution is -2.46. The van der Waals surface area contributed by atoms with Crippen LogP contribution in [0.2, 0.25) is 0 Å². The molecular weight excluding hydrogens is 282 g/mol. The standard InChI is InChI=1S/C17H21NO4/c1-11-6-14(17(20)21)10-18(9-11)16(19)8-12-2-3-15-13(7-12)4-5-22-15/h2-3,7,11,14H,4-6,8-10H2,1H3,(H,20,21). The summed E-state index contributed by atoms with van der Waals surface area (Å²) in [6, 6.07) is 5.87. The molecule has 2 aliphatic rings. The van der Waals surface area contributed by atoms with Crippen molar-refractivity contribution in [3.63, 3.8) is 0 Å². The van der Waals surface area contributed by atoms with Gasteiger partial charge in [-0.3, -0.25) is 9.59 Å². The van der Waals surface area contributed by atoms with Crippen molar-refractivity contribution < 1.29 is 19.4 Å². The molecule has 2 atom stereocenters. The molecule has 2 heterocycles. The normalized spacial score (nSPS) is 23.8. The number of piperidine rings is 1. The van der Waals surface area contributed by atoms with Crippen LogP contribution >= 0.6 is 0 Å². The highest BCUT2D eigenvalue weighted by atomic mass is 16.5. The highest BCUT2D eigenvalue weighted by molar-refractivity contribution is 5.80. The number of fused-ring (bicyclic) bond motifs is 1. The summed E-state index contributed by atoms with van der Waals surface area (Å²) in [5.41, 5.74) is 2.13. The van der Waals surface area contributed by atoms with Crippen molar-refractivity contribution in [1.29, 1.82) is 0 Å². The molecule has 0 bridgehead atoms. The van der Waals surface area contributed by atoms with Crippen molar-refractivity contribution in [2.45, 2.75) is 26.2 Å². The van der Waals surface area contributed by atoms with Crippen molar-refractivity contribution in [1.82, 2.24) is 4.90 Å². The second kappa shape index (κ2) is 5.99. The smallest absolute Gasteiger partial charge is 0.308 e. The molecule has 0 aromatic heterocycles. The Balaban J connectivity index is 1.67. The number of carbonyl (C=O) groups excluding carboxylic acids is 1. The number of aliphatic carboxylic acids is 1. The van der Waals surface area contributed by atoms with Crippen molar-refractivity contribution in [2.75, 3.05) is 19.7 Å². The van der Waals surface area contributed by atoms with Gasteiger partial charge in [-0.2, -0.15) is 0 Å². The molecule has 3 rings (SSSR count). The predicted molar refractivity (Wildman–Crippen MR) is 80.8 cm³/mol. The summed E-state index contributed by atoms with van der Waals surface area (Å²) in [6.45, 7) is 3.68. The van der Waals surface area contributed by atoms with Crippen molar-refractivity contribution in [2.24, 2.45) is 11.8 Å². The van der Waals surface area contributed by atoms with Crippen molar-refractivity contribution >= 4 is 11.9 Å². The minimum absolute atomic E-state index is 0.0108. The predicted octanol–water partition coefficient (Wildman–Crippen LogP) is 1.73. The molecule has 22 heavy (non-hydrogen) atoms. The van der Waals surface area contributed by atoms with E-state index < -0.39 is 11.9 Å². The lowest BCUT2D eigenvalue weighted by atomic mass is 9.90. The van der Waals surface area contributed by atoms with E-state index in [9.17, 15) is 14.7 Å². The van der Waals surface area contributed by atoms with E-state index in [4.69, 9.17) is 4.74 Å². The Hall–Kier alpha value is -2.04. The maximum atomic E-state index is 12.5. The van der Waals surface area contributed by atoms with Crippen LogP contribution in [0, 0.1) is 11.8 Å². The van der Waals surface area contributed by atoms with Crippen LogP contribution in [0.15, 0.2) is 18.2 Å². The average molecular weight is 303 g/mol. The molecule has 0 saturated carbocycles. The van der Waals surface area contributed by atoms with Crippen LogP contribution in [-0.4, -0.2) is 41.6 Å². The molecule has 2 unspecified atom stereocenters. The summed E-state index contributed by atoms with van der Waals surface area (Å²) in [5, 5.41) is 9.20. The van der Waals surface area contributed by atoms with Gasteiger partial charge in [-0.05, 0) is 29.5 Å². The number of carbonyl (C=O) groups is 2. The van der Waals surface area contributed by atoms with Crippen LogP contribution in [0.25, 0.3) is 0 Å². The van der Waals surface area contributed by atoms with Gasteiger partial charge >= 0.3 is 5.97 Å². The van der Waals surface area contributed by atoms with Crippen LogP contribution in [-0.2, 0) is 22.4 Å². The quantitative estimate of drug-likeness (QED) is 0.923. The lowest BCUT2D eigenvalue weighted by molar-refractivity contribution is -0.146. The lowest BCUT2D eigenvalue weighted by Gasteiger charge is -2.34. The van der Waals surface area contributed by atoms with Gasteiger partial charge in [0.2, 0.25) is 5.91 Å². The SMILES string of the molecule is CC1CC(C(=O)O)CN(C(=O)Cc2ccc3c(c2)CCO3)C1. The second-order valence-corrected chi connectivity index (χ2v) is 6.39. The summed E-state index contributed by atoms with van der Waals surface area (Å²) in [4.78, 5) is 25.4. The molecule has 1 N–H and O–H groups in total. The first kappa shape index (κ1) is 14.9. The number of likely N-dealkylation sites (tertiary alicyclic amines) is 1. The summed E-state index contributed by atoms with van der Waals surface area (Å²) in [7, 11) is 0. The van der Waals surface area contributed by atoms with E-state index >= 15 is 0 Å². The van der Waals surface area contributed by atoms with Crippen molar-refractivity contribution in [3.05, 3.63) is 29.3 Å². The molecule has 1 fully saturated rings. The Morgan fingerprint density at radius 1 is 1.36 bits per heavy atom. The third-order valence-electron chi connectivity index (χ3n) is 4.47. The fraction of sp³-hybridized carbons (Fsp3) is 0.529. The fourth-order valence-electron chi connectivity index (χ4n) is 3.37. The molecule has 5 nitrogen and oxygen atoms in total. The van der Waals surface area contributed by atoms with Crippen LogP contribution in [0.3, 0.4) is 0 Å². The molecule has 5 heteroatoms. The molecule has 0 aliphatic carbocycles. The minimum Gasteiger partial charge on any atom is -0.493 e. The van der Waals surface area contributed by atoms with E-state index in [1.54, 1.807) is 4.90 Å². The van der Waals surface area contributed by atoms with E-state index in [0.29, 0.717) is 32.5 Å². The number of carboxylic acid groups (broad SMARTS) is 1. The van der Waals surface area contributed by atoms with Gasteiger partial charge in [0.15, 0.2) is 0 Å². The Kier molecular flexibility index (Phi) is 4.05. The van der Waals surface area contributed by atoms with Crippen LogP contribution in [0.1, 0.15) is 24.5 Å². The molecule has 0 spiro atoms. The molecule has 2 aliphatic heterocycles. The van der Waals surface area contributed by atoms with Gasteiger partial charge in [-0.1, -0.05) is 19.1 Å². The molecule has 1 aromatic rings. The summed E-state index contributed by atoms with van der Waals surface area (Å²) in [5.74, 6) is -0.0993. The van der Waals surface area contributed by atoms with Crippen molar-refractivity contribution in [3.8, 4) is 5.75 Å². The van der Waals surface area contributed by atoms with Gasteiger partial charge in [0.05, 0.1) is 18.9 Å². The van der Waals surface area contributed by atoms with Crippen LogP contribution < -0.4 is 4.74 Å². The van der Waals surface area contributed by atoms with Gasteiger partial charge in [0, 0.05) is 19.5 Å². The number of benzene rings is 1. The van der Waals surface area contributed by atoms with Crippen LogP contribution in [0.5, 0.6) is 5.75 Å². The third kappa shape index (κ3) is 3.08.